The third-order valence-corrected chi connectivity index (χ3v) is 5.44. The molecule has 0 aliphatic heterocycles. The van der Waals surface area contributed by atoms with Crippen LogP contribution in [0.4, 0.5) is 10.1 Å². The molecule has 2 aromatic rings. The van der Waals surface area contributed by atoms with Crippen molar-refractivity contribution in [2.75, 3.05) is 18.4 Å². The standard InChI is InChI=1S/C22H25FN2O2/c1-3-25(4-2)20(26)16-8-5-11-19(14-16)24-21(27)22(12-7-13-22)17-9-6-10-18(23)15-17/h5-6,8-11,14-15H,3-4,7,12-13H2,1-2H3,(H,24,27). The van der Waals surface area contributed by atoms with E-state index in [2.05, 4.69) is 5.32 Å². The van der Waals surface area contributed by atoms with Crippen LogP contribution in [0.5, 0.6) is 0 Å². The van der Waals surface area contributed by atoms with Gasteiger partial charge in [0.1, 0.15) is 5.82 Å². The molecule has 3 rings (SSSR count). The first-order valence-electron chi connectivity index (χ1n) is 9.47. The molecule has 0 bridgehead atoms. The molecule has 1 saturated carbocycles. The van der Waals surface area contributed by atoms with Crippen LogP contribution in [0, 0.1) is 5.82 Å². The monoisotopic (exact) mass is 368 g/mol. The zero-order valence-electron chi connectivity index (χ0n) is 15.8. The largest absolute Gasteiger partial charge is 0.339 e. The summed E-state index contributed by atoms with van der Waals surface area (Å²) in [7, 11) is 0. The second-order valence-corrected chi connectivity index (χ2v) is 6.96. The molecule has 2 amide bonds. The van der Waals surface area contributed by atoms with Crippen LogP contribution in [0.1, 0.15) is 49.0 Å². The van der Waals surface area contributed by atoms with E-state index in [9.17, 15) is 14.0 Å². The van der Waals surface area contributed by atoms with Gasteiger partial charge in [-0.2, -0.15) is 0 Å². The average molecular weight is 368 g/mol. The molecule has 0 radical (unpaired) electrons. The summed E-state index contributed by atoms with van der Waals surface area (Å²) in [6.45, 7) is 5.14. The fourth-order valence-electron chi connectivity index (χ4n) is 3.64. The number of halogens is 1. The van der Waals surface area contributed by atoms with E-state index < -0.39 is 5.41 Å². The summed E-state index contributed by atoms with van der Waals surface area (Å²) < 4.78 is 13.7. The van der Waals surface area contributed by atoms with Gasteiger partial charge in [0, 0.05) is 24.3 Å². The highest BCUT2D eigenvalue weighted by molar-refractivity contribution is 6.01. The lowest BCUT2D eigenvalue weighted by molar-refractivity contribution is -0.124. The van der Waals surface area contributed by atoms with Gasteiger partial charge in [-0.05, 0) is 62.6 Å². The van der Waals surface area contributed by atoms with E-state index in [4.69, 9.17) is 0 Å². The smallest absolute Gasteiger partial charge is 0.253 e. The lowest BCUT2D eigenvalue weighted by Crippen LogP contribution is -2.46. The highest BCUT2D eigenvalue weighted by Gasteiger charge is 2.45. The van der Waals surface area contributed by atoms with Gasteiger partial charge in [-0.25, -0.2) is 4.39 Å². The van der Waals surface area contributed by atoms with E-state index in [1.807, 2.05) is 19.9 Å². The van der Waals surface area contributed by atoms with E-state index >= 15 is 0 Å². The predicted octanol–water partition coefficient (Wildman–Crippen LogP) is 4.37. The Kier molecular flexibility index (Phi) is 5.59. The fraction of sp³-hybridized carbons (Fsp3) is 0.364. The molecular weight excluding hydrogens is 343 g/mol. The van der Waals surface area contributed by atoms with Crippen LogP contribution in [0.3, 0.4) is 0 Å². The molecule has 1 fully saturated rings. The third-order valence-electron chi connectivity index (χ3n) is 5.44. The average Bonchev–Trinajstić information content (AvgIpc) is 2.62. The highest BCUT2D eigenvalue weighted by Crippen LogP contribution is 2.44. The van der Waals surface area contributed by atoms with Crippen LogP contribution < -0.4 is 5.32 Å². The molecule has 0 atom stereocenters. The minimum absolute atomic E-state index is 0.0559. The molecule has 1 aliphatic rings. The number of nitrogens with zero attached hydrogens (tertiary/aromatic N) is 1. The van der Waals surface area contributed by atoms with Crippen molar-refractivity contribution in [3.05, 3.63) is 65.5 Å². The maximum atomic E-state index is 13.7. The van der Waals surface area contributed by atoms with Crippen molar-refractivity contribution in [2.45, 2.75) is 38.5 Å². The Balaban J connectivity index is 1.81. The Bertz CT molecular complexity index is 842. The molecule has 0 unspecified atom stereocenters. The van der Waals surface area contributed by atoms with Crippen LogP contribution in [-0.4, -0.2) is 29.8 Å². The number of carbonyl (C=O) groups is 2. The molecule has 142 valence electrons. The zero-order valence-corrected chi connectivity index (χ0v) is 15.8. The number of nitrogens with one attached hydrogen (secondary N) is 1. The van der Waals surface area contributed by atoms with Gasteiger partial charge in [0.25, 0.3) is 5.91 Å². The highest BCUT2D eigenvalue weighted by atomic mass is 19.1. The van der Waals surface area contributed by atoms with Crippen LogP contribution in [0.15, 0.2) is 48.5 Å². The molecule has 27 heavy (non-hydrogen) atoms. The number of amides is 2. The number of benzene rings is 2. The van der Waals surface area contributed by atoms with Gasteiger partial charge < -0.3 is 10.2 Å². The van der Waals surface area contributed by atoms with Crippen LogP contribution in [0.25, 0.3) is 0 Å². The maximum absolute atomic E-state index is 13.7. The first-order valence-corrected chi connectivity index (χ1v) is 9.47. The second kappa shape index (κ2) is 7.91. The topological polar surface area (TPSA) is 49.4 Å². The third kappa shape index (κ3) is 3.72. The van der Waals surface area contributed by atoms with Gasteiger partial charge in [-0.1, -0.05) is 24.6 Å². The second-order valence-electron chi connectivity index (χ2n) is 6.96. The molecule has 4 nitrogen and oxygen atoms in total. The van der Waals surface area contributed by atoms with Crippen molar-refractivity contribution in [3.8, 4) is 0 Å². The predicted molar refractivity (Wildman–Crippen MR) is 104 cm³/mol. The molecular formula is C22H25FN2O2. The summed E-state index contributed by atoms with van der Waals surface area (Å²) in [6, 6.07) is 13.3. The van der Waals surface area contributed by atoms with Crippen molar-refractivity contribution >= 4 is 17.5 Å². The SMILES string of the molecule is CCN(CC)C(=O)c1cccc(NC(=O)C2(c3cccc(F)c3)CCC2)c1. The number of rotatable bonds is 6. The summed E-state index contributed by atoms with van der Waals surface area (Å²) in [5.74, 6) is -0.537. The van der Waals surface area contributed by atoms with Crippen molar-refractivity contribution in [2.24, 2.45) is 0 Å². The Hall–Kier alpha value is -2.69. The zero-order chi connectivity index (χ0) is 19.4. The van der Waals surface area contributed by atoms with Gasteiger partial charge in [0.05, 0.1) is 5.41 Å². The minimum atomic E-state index is -0.693. The lowest BCUT2D eigenvalue weighted by Gasteiger charge is -2.40. The van der Waals surface area contributed by atoms with E-state index in [-0.39, 0.29) is 17.6 Å². The first-order chi connectivity index (χ1) is 13.0. The molecule has 0 aromatic heterocycles. The molecule has 5 heteroatoms. The summed E-state index contributed by atoms with van der Waals surface area (Å²) in [4.78, 5) is 27.3. The van der Waals surface area contributed by atoms with Crippen molar-refractivity contribution < 1.29 is 14.0 Å². The first kappa shape index (κ1) is 19.1. The molecule has 0 saturated heterocycles. The Morgan fingerprint density at radius 3 is 2.37 bits per heavy atom. The van der Waals surface area contributed by atoms with Gasteiger partial charge >= 0.3 is 0 Å². The Morgan fingerprint density at radius 2 is 1.78 bits per heavy atom. The number of anilines is 1. The van der Waals surface area contributed by atoms with Crippen molar-refractivity contribution in [1.82, 2.24) is 4.90 Å². The van der Waals surface area contributed by atoms with Gasteiger partial charge in [0.15, 0.2) is 0 Å². The number of hydrogen-bond donors (Lipinski definition) is 1. The van der Waals surface area contributed by atoms with Crippen LogP contribution >= 0.6 is 0 Å². The fourth-order valence-corrected chi connectivity index (χ4v) is 3.64. The summed E-state index contributed by atoms with van der Waals surface area (Å²) >= 11 is 0. The van der Waals surface area contributed by atoms with Crippen LogP contribution in [-0.2, 0) is 10.2 Å². The van der Waals surface area contributed by atoms with Crippen molar-refractivity contribution in [1.29, 1.82) is 0 Å². The number of carbonyl (C=O) groups excluding carboxylic acids is 2. The van der Waals surface area contributed by atoms with E-state index in [0.29, 0.717) is 42.7 Å². The van der Waals surface area contributed by atoms with Crippen LogP contribution in [0.2, 0.25) is 0 Å². The molecule has 1 N–H and O–H groups in total. The summed E-state index contributed by atoms with van der Waals surface area (Å²) in [5.41, 5.74) is 1.15. The van der Waals surface area contributed by atoms with Gasteiger partial charge in [0.2, 0.25) is 5.91 Å². The Morgan fingerprint density at radius 1 is 1.07 bits per heavy atom. The molecule has 0 spiro atoms. The van der Waals surface area contributed by atoms with Crippen molar-refractivity contribution in [3.63, 3.8) is 0 Å². The van der Waals surface area contributed by atoms with Gasteiger partial charge in [-0.3, -0.25) is 9.59 Å². The molecule has 2 aromatic carbocycles. The van der Waals surface area contributed by atoms with Gasteiger partial charge in [-0.15, -0.1) is 0 Å². The Labute approximate surface area is 159 Å². The molecule has 0 heterocycles. The quantitative estimate of drug-likeness (QED) is 0.823. The minimum Gasteiger partial charge on any atom is -0.339 e. The van der Waals surface area contributed by atoms with E-state index in [1.165, 1.54) is 12.1 Å². The van der Waals surface area contributed by atoms with E-state index in [0.717, 1.165) is 6.42 Å². The lowest BCUT2D eigenvalue weighted by atomic mass is 9.63. The number of hydrogen-bond acceptors (Lipinski definition) is 2. The molecule has 1 aliphatic carbocycles. The summed E-state index contributed by atoms with van der Waals surface area (Å²) in [5, 5.41) is 2.94. The normalized spacial score (nSPS) is 14.9. The maximum Gasteiger partial charge on any atom is 0.253 e. The summed E-state index contributed by atoms with van der Waals surface area (Å²) in [6.07, 6.45) is 2.32. The van der Waals surface area contributed by atoms with E-state index in [1.54, 1.807) is 35.2 Å².